The van der Waals surface area contributed by atoms with Crippen molar-refractivity contribution >= 4 is 17.9 Å². The van der Waals surface area contributed by atoms with Crippen molar-refractivity contribution in [3.8, 4) is 5.75 Å². The molecular formula is C10H9ClF2O2. The molecule has 0 aliphatic rings. The van der Waals surface area contributed by atoms with Crippen molar-refractivity contribution in [2.75, 3.05) is 0 Å². The lowest BCUT2D eigenvalue weighted by Gasteiger charge is -2.11. The molecule has 0 heterocycles. The minimum atomic E-state index is -2.92. The van der Waals surface area contributed by atoms with Crippen LogP contribution in [0.4, 0.5) is 8.78 Å². The fraction of sp³-hybridized carbons (Fsp3) is 0.300. The van der Waals surface area contributed by atoms with E-state index in [0.717, 1.165) is 0 Å². The van der Waals surface area contributed by atoms with E-state index in [4.69, 9.17) is 11.6 Å². The van der Waals surface area contributed by atoms with Gasteiger partial charge in [-0.25, -0.2) is 0 Å². The second-order valence-electron chi connectivity index (χ2n) is 2.81. The summed E-state index contributed by atoms with van der Waals surface area (Å²) in [6.45, 7) is -2.92. The second-order valence-corrected chi connectivity index (χ2v) is 3.22. The molecule has 0 fully saturated rings. The highest BCUT2D eigenvalue weighted by atomic mass is 35.5. The highest BCUT2D eigenvalue weighted by Crippen LogP contribution is 2.30. The smallest absolute Gasteiger partial charge is 0.387 e. The maximum absolute atomic E-state index is 12.1. The quantitative estimate of drug-likeness (QED) is 0.732. The molecule has 0 bridgehead atoms. The van der Waals surface area contributed by atoms with Gasteiger partial charge in [0.15, 0.2) is 0 Å². The van der Waals surface area contributed by atoms with Crippen molar-refractivity contribution in [1.82, 2.24) is 0 Å². The summed E-state index contributed by atoms with van der Waals surface area (Å²) >= 11 is 5.71. The van der Waals surface area contributed by atoms with E-state index in [1.165, 1.54) is 6.07 Å². The average Bonchev–Trinajstić information content (AvgIpc) is 2.18. The Kier molecular flexibility index (Phi) is 4.49. The van der Waals surface area contributed by atoms with Crippen LogP contribution in [0.3, 0.4) is 0 Å². The Balaban J connectivity index is 2.91. The number of halogens is 3. The predicted molar refractivity (Wildman–Crippen MR) is 52.5 cm³/mol. The fourth-order valence-corrected chi connectivity index (χ4v) is 1.42. The summed E-state index contributed by atoms with van der Waals surface area (Å²) in [5.41, 5.74) is 0.509. The summed E-state index contributed by atoms with van der Waals surface area (Å²) in [5, 5.41) is 0.124. The number of hydrogen-bond donors (Lipinski definition) is 0. The van der Waals surface area contributed by atoms with Gasteiger partial charge in [0, 0.05) is 6.42 Å². The molecule has 1 aromatic rings. The summed E-state index contributed by atoms with van der Waals surface area (Å²) in [7, 11) is 0. The molecule has 0 spiro atoms. The van der Waals surface area contributed by atoms with Gasteiger partial charge in [0.25, 0.3) is 0 Å². The third-order valence-electron chi connectivity index (χ3n) is 1.79. The van der Waals surface area contributed by atoms with E-state index < -0.39 is 6.61 Å². The Labute approximate surface area is 90.8 Å². The first kappa shape index (κ1) is 11.9. The maximum Gasteiger partial charge on any atom is 0.387 e. The van der Waals surface area contributed by atoms with Crippen LogP contribution in [0, 0.1) is 0 Å². The molecule has 15 heavy (non-hydrogen) atoms. The Bertz CT molecular complexity index is 342. The number of aldehydes is 1. The standard InChI is InChI=1S/C10H9ClF2O2/c11-8-5-1-3-7(4-2-6-14)9(8)15-10(12)13/h1,3,5-6,10H,2,4H2. The monoisotopic (exact) mass is 234 g/mol. The molecule has 0 radical (unpaired) electrons. The van der Waals surface area contributed by atoms with Crippen molar-refractivity contribution in [3.05, 3.63) is 28.8 Å². The largest absolute Gasteiger partial charge is 0.433 e. The Morgan fingerprint density at radius 2 is 2.20 bits per heavy atom. The van der Waals surface area contributed by atoms with Gasteiger partial charge in [-0.15, -0.1) is 0 Å². The summed E-state index contributed by atoms with van der Waals surface area (Å²) in [6, 6.07) is 4.69. The Hall–Kier alpha value is -1.16. The van der Waals surface area contributed by atoms with Crippen molar-refractivity contribution in [2.45, 2.75) is 19.5 Å². The molecule has 0 aromatic heterocycles. The highest BCUT2D eigenvalue weighted by Gasteiger charge is 2.12. The Morgan fingerprint density at radius 1 is 1.47 bits per heavy atom. The molecule has 0 aliphatic heterocycles. The van der Waals surface area contributed by atoms with E-state index in [0.29, 0.717) is 18.3 Å². The molecule has 2 nitrogen and oxygen atoms in total. The summed E-state index contributed by atoms with van der Waals surface area (Å²) in [5.74, 6) is -0.0454. The van der Waals surface area contributed by atoms with Crippen LogP contribution >= 0.6 is 11.6 Å². The zero-order valence-corrected chi connectivity index (χ0v) is 8.51. The third kappa shape index (κ3) is 3.47. The van der Waals surface area contributed by atoms with Gasteiger partial charge in [-0.05, 0) is 18.1 Å². The molecule has 0 N–H and O–H groups in total. The molecule has 0 atom stereocenters. The SMILES string of the molecule is O=CCCc1cccc(Cl)c1OC(F)F. The normalized spacial score (nSPS) is 10.4. The number of alkyl halides is 2. The van der Waals surface area contributed by atoms with Crippen molar-refractivity contribution in [2.24, 2.45) is 0 Å². The van der Waals surface area contributed by atoms with Crippen LogP contribution in [0.15, 0.2) is 18.2 Å². The maximum atomic E-state index is 12.1. The van der Waals surface area contributed by atoms with Crippen molar-refractivity contribution in [1.29, 1.82) is 0 Å². The van der Waals surface area contributed by atoms with Gasteiger partial charge in [0.2, 0.25) is 0 Å². The van der Waals surface area contributed by atoms with Crippen LogP contribution in [0.2, 0.25) is 5.02 Å². The topological polar surface area (TPSA) is 26.3 Å². The number of aryl methyl sites for hydroxylation is 1. The zero-order valence-electron chi connectivity index (χ0n) is 7.75. The van der Waals surface area contributed by atoms with Crippen LogP contribution in [0.5, 0.6) is 5.75 Å². The van der Waals surface area contributed by atoms with E-state index in [9.17, 15) is 13.6 Å². The lowest BCUT2D eigenvalue weighted by atomic mass is 10.1. The van der Waals surface area contributed by atoms with E-state index in [1.807, 2.05) is 0 Å². The van der Waals surface area contributed by atoms with Gasteiger partial charge in [-0.2, -0.15) is 8.78 Å². The number of carbonyl (C=O) groups excluding carboxylic acids is 1. The Morgan fingerprint density at radius 3 is 2.80 bits per heavy atom. The van der Waals surface area contributed by atoms with E-state index in [2.05, 4.69) is 4.74 Å². The number of benzene rings is 1. The lowest BCUT2D eigenvalue weighted by Crippen LogP contribution is -2.05. The number of para-hydroxylation sites is 1. The first-order valence-electron chi connectivity index (χ1n) is 4.31. The third-order valence-corrected chi connectivity index (χ3v) is 2.08. The van der Waals surface area contributed by atoms with Crippen LogP contribution in [0.1, 0.15) is 12.0 Å². The highest BCUT2D eigenvalue weighted by molar-refractivity contribution is 6.32. The second kappa shape index (κ2) is 5.66. The predicted octanol–water partition coefficient (Wildman–Crippen LogP) is 3.07. The van der Waals surface area contributed by atoms with Gasteiger partial charge in [0.05, 0.1) is 5.02 Å². The number of hydrogen-bond acceptors (Lipinski definition) is 2. The van der Waals surface area contributed by atoms with E-state index in [1.54, 1.807) is 12.1 Å². The molecule has 0 saturated heterocycles. The molecule has 5 heteroatoms. The molecule has 82 valence electrons. The van der Waals surface area contributed by atoms with Crippen LogP contribution < -0.4 is 4.74 Å². The lowest BCUT2D eigenvalue weighted by molar-refractivity contribution is -0.107. The molecule has 1 rings (SSSR count). The number of rotatable bonds is 5. The van der Waals surface area contributed by atoms with Gasteiger partial charge >= 0.3 is 6.61 Å². The first-order chi connectivity index (χ1) is 7.15. The van der Waals surface area contributed by atoms with Crippen molar-refractivity contribution in [3.63, 3.8) is 0 Å². The van der Waals surface area contributed by atoms with E-state index >= 15 is 0 Å². The van der Waals surface area contributed by atoms with Gasteiger partial charge in [-0.1, -0.05) is 23.7 Å². The summed E-state index contributed by atoms with van der Waals surface area (Å²) in [6.07, 6.45) is 1.30. The van der Waals surface area contributed by atoms with Gasteiger partial charge in [0.1, 0.15) is 12.0 Å². The number of ether oxygens (including phenoxy) is 1. The van der Waals surface area contributed by atoms with Crippen LogP contribution in [-0.4, -0.2) is 12.9 Å². The molecule has 0 saturated carbocycles. The summed E-state index contributed by atoms with van der Waals surface area (Å²) in [4.78, 5) is 10.2. The molecule has 0 aliphatic carbocycles. The van der Waals surface area contributed by atoms with Crippen LogP contribution in [-0.2, 0) is 11.2 Å². The molecular weight excluding hydrogens is 226 g/mol. The molecule has 0 unspecified atom stereocenters. The summed E-state index contributed by atoms with van der Waals surface area (Å²) < 4.78 is 28.4. The number of carbonyl (C=O) groups is 1. The first-order valence-corrected chi connectivity index (χ1v) is 4.68. The minimum Gasteiger partial charge on any atom is -0.433 e. The van der Waals surface area contributed by atoms with Crippen LogP contribution in [0.25, 0.3) is 0 Å². The average molecular weight is 235 g/mol. The molecule has 0 amide bonds. The minimum absolute atomic E-state index is 0.0454. The van der Waals surface area contributed by atoms with E-state index in [-0.39, 0.29) is 17.2 Å². The fourth-order valence-electron chi connectivity index (χ4n) is 1.19. The van der Waals surface area contributed by atoms with Gasteiger partial charge in [-0.3, -0.25) is 0 Å². The zero-order chi connectivity index (χ0) is 11.3. The van der Waals surface area contributed by atoms with Crippen molar-refractivity contribution < 1.29 is 18.3 Å². The molecule has 1 aromatic carbocycles. The van der Waals surface area contributed by atoms with Gasteiger partial charge < -0.3 is 9.53 Å².